The zero-order valence-electron chi connectivity index (χ0n) is 13.9. The number of methoxy groups -OCH3 is 1. The highest BCUT2D eigenvalue weighted by atomic mass is 35.5. The molecule has 130 valence electrons. The number of thioether (sulfide) groups is 1. The summed E-state index contributed by atoms with van der Waals surface area (Å²) in [5, 5.41) is 3.55. The number of nitrogens with zero attached hydrogens (tertiary/aromatic N) is 1. The van der Waals surface area contributed by atoms with Gasteiger partial charge in [-0.1, -0.05) is 29.8 Å². The van der Waals surface area contributed by atoms with E-state index < -0.39 is 5.66 Å². The second-order valence-corrected chi connectivity index (χ2v) is 6.87. The Morgan fingerprint density at radius 3 is 2.52 bits per heavy atom. The van der Waals surface area contributed by atoms with Gasteiger partial charge in [0.25, 0.3) is 0 Å². The summed E-state index contributed by atoms with van der Waals surface area (Å²) in [6.45, 7) is 0. The van der Waals surface area contributed by atoms with Gasteiger partial charge in [0.05, 0.1) is 12.1 Å². The van der Waals surface area contributed by atoms with Gasteiger partial charge in [0.15, 0.2) is 11.6 Å². The molecule has 0 aliphatic carbocycles. The first-order chi connectivity index (χ1) is 11.9. The van der Waals surface area contributed by atoms with Crippen molar-refractivity contribution < 1.29 is 4.74 Å². The van der Waals surface area contributed by atoms with Crippen LogP contribution in [0.3, 0.4) is 0 Å². The smallest absolute Gasteiger partial charge is 0.195 e. The van der Waals surface area contributed by atoms with Gasteiger partial charge in [-0.15, -0.1) is 11.8 Å². The number of guanidine groups is 1. The van der Waals surface area contributed by atoms with Crippen LogP contribution in [0.4, 0.5) is 0 Å². The minimum Gasteiger partial charge on any atom is -0.495 e. The van der Waals surface area contributed by atoms with Crippen molar-refractivity contribution in [3.8, 4) is 5.75 Å². The van der Waals surface area contributed by atoms with Crippen LogP contribution in [0.2, 0.25) is 5.02 Å². The van der Waals surface area contributed by atoms with Gasteiger partial charge in [0.1, 0.15) is 5.75 Å². The lowest BCUT2D eigenvalue weighted by Crippen LogP contribution is -2.44. The van der Waals surface area contributed by atoms with Crippen LogP contribution in [0.25, 0.3) is 5.70 Å². The molecule has 0 radical (unpaired) electrons. The molecule has 0 saturated carbocycles. The number of rotatable bonds is 4. The van der Waals surface area contributed by atoms with Gasteiger partial charge < -0.3 is 15.8 Å². The fraction of sp³-hybridized carbons (Fsp3) is 0.167. The molecular formula is C18H19ClN4OS. The third-order valence-corrected chi connectivity index (χ3v) is 4.99. The predicted molar refractivity (Wildman–Crippen MR) is 105 cm³/mol. The highest BCUT2D eigenvalue weighted by molar-refractivity contribution is 7.98. The van der Waals surface area contributed by atoms with Crippen molar-refractivity contribution in [3.63, 3.8) is 0 Å². The number of benzene rings is 2. The van der Waals surface area contributed by atoms with E-state index in [-0.39, 0.29) is 5.96 Å². The van der Waals surface area contributed by atoms with E-state index in [1.807, 2.05) is 42.7 Å². The van der Waals surface area contributed by atoms with Crippen molar-refractivity contribution in [3.05, 3.63) is 64.7 Å². The molecule has 25 heavy (non-hydrogen) atoms. The Labute approximate surface area is 156 Å². The monoisotopic (exact) mass is 374 g/mol. The Morgan fingerprint density at radius 2 is 1.92 bits per heavy atom. The molecule has 0 bridgehead atoms. The van der Waals surface area contributed by atoms with Gasteiger partial charge in [-0.05, 0) is 47.7 Å². The van der Waals surface area contributed by atoms with Crippen LogP contribution in [0.1, 0.15) is 11.1 Å². The normalized spacial score (nSPS) is 19.7. The number of aliphatic imine (C=N–C) groups is 1. The van der Waals surface area contributed by atoms with Crippen molar-refractivity contribution in [1.29, 1.82) is 0 Å². The Morgan fingerprint density at radius 1 is 1.20 bits per heavy atom. The van der Waals surface area contributed by atoms with Crippen LogP contribution in [0.5, 0.6) is 5.75 Å². The molecule has 5 N–H and O–H groups in total. The number of nitrogens with one attached hydrogen (secondary N) is 1. The van der Waals surface area contributed by atoms with Gasteiger partial charge in [-0.3, -0.25) is 5.73 Å². The first kappa shape index (κ1) is 17.7. The lowest BCUT2D eigenvalue weighted by atomic mass is 9.96. The fourth-order valence-corrected chi connectivity index (χ4v) is 3.31. The van der Waals surface area contributed by atoms with Gasteiger partial charge in [0.2, 0.25) is 0 Å². The zero-order chi connectivity index (χ0) is 18.0. The number of nitrogens with two attached hydrogens (primary N) is 2. The van der Waals surface area contributed by atoms with Gasteiger partial charge in [-0.25, -0.2) is 4.99 Å². The van der Waals surface area contributed by atoms with E-state index in [0.29, 0.717) is 10.8 Å². The molecule has 1 heterocycles. The molecule has 7 heteroatoms. The SMILES string of the molecule is COc1ccc(C2(N)C=C(c3ccc(SC)cc3)NC(N)=N2)cc1Cl. The van der Waals surface area contributed by atoms with Crippen molar-refractivity contribution >= 4 is 35.0 Å². The molecule has 0 saturated heterocycles. The number of hydrogen-bond acceptors (Lipinski definition) is 6. The quantitative estimate of drug-likeness (QED) is 0.716. The topological polar surface area (TPSA) is 85.7 Å². The van der Waals surface area contributed by atoms with E-state index in [2.05, 4.69) is 10.3 Å². The predicted octanol–water partition coefficient (Wildman–Crippen LogP) is 3.14. The van der Waals surface area contributed by atoms with E-state index in [4.69, 9.17) is 27.8 Å². The summed E-state index contributed by atoms with van der Waals surface area (Å²) >= 11 is 7.92. The van der Waals surface area contributed by atoms with Crippen LogP contribution < -0.4 is 21.5 Å². The molecule has 2 aromatic carbocycles. The molecule has 1 unspecified atom stereocenters. The summed E-state index contributed by atoms with van der Waals surface area (Å²) in [5.41, 5.74) is 13.9. The van der Waals surface area contributed by atoms with Gasteiger partial charge in [-0.2, -0.15) is 0 Å². The van der Waals surface area contributed by atoms with E-state index >= 15 is 0 Å². The summed E-state index contributed by atoms with van der Waals surface area (Å²) in [7, 11) is 1.57. The molecule has 2 aromatic rings. The lowest BCUT2D eigenvalue weighted by molar-refractivity contribution is 0.414. The van der Waals surface area contributed by atoms with Gasteiger partial charge in [0, 0.05) is 10.6 Å². The van der Waals surface area contributed by atoms with E-state index in [1.165, 1.54) is 4.90 Å². The molecule has 1 atom stereocenters. The summed E-state index contributed by atoms with van der Waals surface area (Å²) in [6.07, 6.45) is 3.88. The third kappa shape index (κ3) is 3.61. The summed E-state index contributed by atoms with van der Waals surface area (Å²) in [6, 6.07) is 13.5. The van der Waals surface area contributed by atoms with Crippen LogP contribution in [-0.4, -0.2) is 19.3 Å². The first-order valence-corrected chi connectivity index (χ1v) is 9.18. The minimum atomic E-state index is -1.11. The second-order valence-electron chi connectivity index (χ2n) is 5.58. The summed E-state index contributed by atoms with van der Waals surface area (Å²) < 4.78 is 5.19. The maximum absolute atomic E-state index is 6.53. The van der Waals surface area contributed by atoms with Crippen LogP contribution in [0, 0.1) is 0 Å². The lowest BCUT2D eigenvalue weighted by Gasteiger charge is -2.29. The highest BCUT2D eigenvalue weighted by Gasteiger charge is 2.30. The minimum absolute atomic E-state index is 0.251. The first-order valence-electron chi connectivity index (χ1n) is 7.58. The van der Waals surface area contributed by atoms with E-state index in [1.54, 1.807) is 31.0 Å². The Hall–Kier alpha value is -2.15. The molecule has 0 amide bonds. The van der Waals surface area contributed by atoms with Gasteiger partial charge >= 0.3 is 0 Å². The number of ether oxygens (including phenoxy) is 1. The van der Waals surface area contributed by atoms with E-state index in [9.17, 15) is 0 Å². The van der Waals surface area contributed by atoms with Crippen LogP contribution in [-0.2, 0) is 5.66 Å². The van der Waals surface area contributed by atoms with Crippen molar-refractivity contribution in [2.24, 2.45) is 16.5 Å². The molecule has 3 rings (SSSR count). The standard InChI is InChI=1S/C18H19ClN4OS/c1-24-16-8-5-12(9-14(16)19)18(21)10-15(22-17(20)23-18)11-3-6-13(25-2)7-4-11/h3-10H,21H2,1-2H3,(H3,20,22,23). The van der Waals surface area contributed by atoms with Crippen LogP contribution in [0.15, 0.2) is 58.4 Å². The third-order valence-electron chi connectivity index (χ3n) is 3.95. The van der Waals surface area contributed by atoms with Crippen molar-refractivity contribution in [1.82, 2.24) is 5.32 Å². The fourth-order valence-electron chi connectivity index (χ4n) is 2.64. The maximum Gasteiger partial charge on any atom is 0.195 e. The number of halogens is 1. The largest absolute Gasteiger partial charge is 0.495 e. The maximum atomic E-state index is 6.53. The molecule has 1 aliphatic rings. The molecule has 0 fully saturated rings. The highest BCUT2D eigenvalue weighted by Crippen LogP contribution is 2.33. The Balaban J connectivity index is 2.02. The molecule has 1 aliphatic heterocycles. The Bertz CT molecular complexity index is 851. The molecular weight excluding hydrogens is 356 g/mol. The zero-order valence-corrected chi connectivity index (χ0v) is 15.5. The molecule has 0 spiro atoms. The number of hydrogen-bond donors (Lipinski definition) is 3. The Kier molecular flexibility index (Phi) is 4.94. The van der Waals surface area contributed by atoms with E-state index in [0.717, 1.165) is 16.8 Å². The average molecular weight is 375 g/mol. The molecule has 0 aromatic heterocycles. The summed E-state index contributed by atoms with van der Waals surface area (Å²) in [4.78, 5) is 5.55. The van der Waals surface area contributed by atoms with Crippen LogP contribution >= 0.6 is 23.4 Å². The second kappa shape index (κ2) is 7.00. The van der Waals surface area contributed by atoms with Crippen molar-refractivity contribution in [2.45, 2.75) is 10.6 Å². The average Bonchev–Trinajstić information content (AvgIpc) is 2.61. The van der Waals surface area contributed by atoms with Crippen molar-refractivity contribution in [2.75, 3.05) is 13.4 Å². The summed E-state index contributed by atoms with van der Waals surface area (Å²) in [5.74, 6) is 0.831. The molecule has 5 nitrogen and oxygen atoms in total.